The predicted molar refractivity (Wildman–Crippen MR) is 113 cm³/mol. The Morgan fingerprint density at radius 2 is 1.40 bits per heavy atom. The van der Waals surface area contributed by atoms with Gasteiger partial charge in [0.25, 0.3) is 0 Å². The first kappa shape index (κ1) is 22.4. The van der Waals surface area contributed by atoms with Gasteiger partial charge in [-0.1, -0.05) is 48.5 Å². The minimum absolute atomic E-state index is 0.105. The van der Waals surface area contributed by atoms with Crippen LogP contribution >= 0.6 is 0 Å². The van der Waals surface area contributed by atoms with E-state index in [9.17, 15) is 21.6 Å². The number of piperazine rings is 1. The van der Waals surface area contributed by atoms with Gasteiger partial charge in [-0.2, -0.15) is 8.61 Å². The summed E-state index contributed by atoms with van der Waals surface area (Å²) in [6.45, 7) is 0.593. The Bertz CT molecular complexity index is 1070. The fraction of sp³-hybridized carbons (Fsp3) is 0.350. The smallest absolute Gasteiger partial charge is 0.243 e. The third-order valence-electron chi connectivity index (χ3n) is 4.95. The second kappa shape index (κ2) is 9.25. The molecule has 8 nitrogen and oxygen atoms in total. The number of carbonyl (C=O) groups is 1. The van der Waals surface area contributed by atoms with Crippen LogP contribution < -0.4 is 0 Å². The molecule has 3 rings (SSSR count). The first-order valence-electron chi connectivity index (χ1n) is 9.50. The lowest BCUT2D eigenvalue weighted by molar-refractivity contribution is -0.132. The zero-order valence-corrected chi connectivity index (χ0v) is 18.3. The molecule has 0 radical (unpaired) electrons. The van der Waals surface area contributed by atoms with Gasteiger partial charge in [-0.3, -0.25) is 4.79 Å². The maximum absolute atomic E-state index is 12.7. The lowest BCUT2D eigenvalue weighted by Gasteiger charge is -2.35. The van der Waals surface area contributed by atoms with E-state index < -0.39 is 20.0 Å². The van der Waals surface area contributed by atoms with Crippen molar-refractivity contribution in [2.75, 3.05) is 39.0 Å². The number of hydrogen-bond donors (Lipinski definition) is 0. The molecule has 1 aliphatic rings. The topological polar surface area (TPSA) is 95.1 Å². The highest BCUT2D eigenvalue weighted by atomic mass is 32.2. The maximum atomic E-state index is 12.7. The van der Waals surface area contributed by atoms with E-state index in [1.54, 1.807) is 42.5 Å². The third-order valence-corrected chi connectivity index (χ3v) is 8.06. The van der Waals surface area contributed by atoms with E-state index in [0.717, 1.165) is 16.1 Å². The summed E-state index contributed by atoms with van der Waals surface area (Å²) in [7, 11) is -7.20. The highest BCUT2D eigenvalue weighted by Gasteiger charge is 2.31. The molecule has 30 heavy (non-hydrogen) atoms. The second-order valence-electron chi connectivity index (χ2n) is 7.11. The molecular formula is C20H25N3O5S2. The van der Waals surface area contributed by atoms with E-state index in [4.69, 9.17) is 0 Å². The van der Waals surface area contributed by atoms with Gasteiger partial charge in [0.15, 0.2) is 0 Å². The molecule has 1 aliphatic heterocycles. The van der Waals surface area contributed by atoms with E-state index in [1.165, 1.54) is 9.21 Å². The molecule has 1 heterocycles. The van der Waals surface area contributed by atoms with Crippen LogP contribution in [0.1, 0.15) is 5.56 Å². The number of nitrogens with zero attached hydrogens (tertiary/aromatic N) is 3. The molecule has 0 saturated carbocycles. The van der Waals surface area contributed by atoms with Gasteiger partial charge in [-0.25, -0.2) is 16.8 Å². The quantitative estimate of drug-likeness (QED) is 0.625. The average molecular weight is 452 g/mol. The standard InChI is InChI=1S/C20H25N3O5S2/c1-29(25,26)23(16-18-8-4-2-5-9-18)17-20(24)21-12-14-22(15-13-21)30(27,28)19-10-6-3-7-11-19/h2-11H,12-17H2,1H3. The monoisotopic (exact) mass is 451 g/mol. The van der Waals surface area contributed by atoms with Crippen molar-refractivity contribution in [3.63, 3.8) is 0 Å². The minimum atomic E-state index is -3.61. The van der Waals surface area contributed by atoms with Crippen LogP contribution in [0.5, 0.6) is 0 Å². The van der Waals surface area contributed by atoms with Crippen molar-refractivity contribution in [2.45, 2.75) is 11.4 Å². The first-order valence-corrected chi connectivity index (χ1v) is 12.8. The fourth-order valence-electron chi connectivity index (χ4n) is 3.25. The molecule has 0 atom stereocenters. The summed E-state index contributed by atoms with van der Waals surface area (Å²) in [6.07, 6.45) is 1.08. The van der Waals surface area contributed by atoms with Crippen molar-refractivity contribution >= 4 is 26.0 Å². The van der Waals surface area contributed by atoms with Gasteiger partial charge in [-0.15, -0.1) is 0 Å². The molecule has 162 valence electrons. The van der Waals surface area contributed by atoms with Crippen molar-refractivity contribution in [2.24, 2.45) is 0 Å². The molecule has 1 saturated heterocycles. The Kier molecular flexibility index (Phi) is 6.91. The molecule has 0 N–H and O–H groups in total. The third kappa shape index (κ3) is 5.45. The van der Waals surface area contributed by atoms with Crippen molar-refractivity contribution in [3.05, 3.63) is 66.2 Å². The van der Waals surface area contributed by atoms with Crippen LogP contribution in [-0.4, -0.2) is 75.2 Å². The lowest BCUT2D eigenvalue weighted by atomic mass is 10.2. The molecule has 2 aromatic carbocycles. The highest BCUT2D eigenvalue weighted by Crippen LogP contribution is 2.17. The summed E-state index contributed by atoms with van der Waals surface area (Å²) in [5.74, 6) is -0.340. The molecule has 0 spiro atoms. The van der Waals surface area contributed by atoms with Crippen LogP contribution in [0.4, 0.5) is 0 Å². The van der Waals surface area contributed by atoms with E-state index in [1.807, 2.05) is 18.2 Å². The Morgan fingerprint density at radius 3 is 1.93 bits per heavy atom. The van der Waals surface area contributed by atoms with Crippen LogP contribution in [0.3, 0.4) is 0 Å². The van der Waals surface area contributed by atoms with Gasteiger partial charge in [0.2, 0.25) is 26.0 Å². The summed E-state index contributed by atoms with van der Waals surface area (Å²) in [5.41, 5.74) is 0.787. The summed E-state index contributed by atoms with van der Waals surface area (Å²) >= 11 is 0. The zero-order valence-electron chi connectivity index (χ0n) is 16.7. The van der Waals surface area contributed by atoms with Crippen molar-refractivity contribution in [1.29, 1.82) is 0 Å². The van der Waals surface area contributed by atoms with Crippen LogP contribution in [0.15, 0.2) is 65.6 Å². The summed E-state index contributed by atoms with van der Waals surface area (Å²) in [5, 5.41) is 0. The molecule has 1 fully saturated rings. The highest BCUT2D eigenvalue weighted by molar-refractivity contribution is 7.89. The average Bonchev–Trinajstić information content (AvgIpc) is 2.74. The Morgan fingerprint density at radius 1 is 0.867 bits per heavy atom. The SMILES string of the molecule is CS(=O)(=O)N(CC(=O)N1CCN(S(=O)(=O)c2ccccc2)CC1)Cc1ccccc1. The second-order valence-corrected chi connectivity index (χ2v) is 11.0. The predicted octanol–water partition coefficient (Wildman–Crippen LogP) is 0.981. The van der Waals surface area contributed by atoms with Crippen LogP contribution in [0, 0.1) is 0 Å². The van der Waals surface area contributed by atoms with Crippen molar-refractivity contribution < 1.29 is 21.6 Å². The Hall–Kier alpha value is -2.27. The van der Waals surface area contributed by atoms with E-state index in [0.29, 0.717) is 0 Å². The largest absolute Gasteiger partial charge is 0.339 e. The summed E-state index contributed by atoms with van der Waals surface area (Å²) in [6, 6.07) is 17.2. The number of rotatable bonds is 7. The van der Waals surface area contributed by atoms with Crippen LogP contribution in [-0.2, 0) is 31.4 Å². The van der Waals surface area contributed by atoms with E-state index >= 15 is 0 Å². The number of benzene rings is 2. The number of sulfonamides is 2. The van der Waals surface area contributed by atoms with Gasteiger partial charge in [0.1, 0.15) is 0 Å². The van der Waals surface area contributed by atoms with Crippen LogP contribution in [0.25, 0.3) is 0 Å². The minimum Gasteiger partial charge on any atom is -0.339 e. The van der Waals surface area contributed by atoms with Crippen molar-refractivity contribution in [3.8, 4) is 0 Å². The van der Waals surface area contributed by atoms with Gasteiger partial charge in [0.05, 0.1) is 17.7 Å². The van der Waals surface area contributed by atoms with Gasteiger partial charge >= 0.3 is 0 Å². The fourth-order valence-corrected chi connectivity index (χ4v) is 5.42. The molecule has 0 aromatic heterocycles. The first-order chi connectivity index (χ1) is 14.2. The molecule has 10 heteroatoms. The zero-order chi connectivity index (χ0) is 21.8. The van der Waals surface area contributed by atoms with Gasteiger partial charge in [0, 0.05) is 32.7 Å². The molecule has 0 bridgehead atoms. The van der Waals surface area contributed by atoms with Crippen molar-refractivity contribution in [1.82, 2.24) is 13.5 Å². The summed E-state index contributed by atoms with van der Waals surface area (Å²) in [4.78, 5) is 14.5. The Balaban J connectivity index is 1.62. The van der Waals surface area contributed by atoms with Gasteiger partial charge in [-0.05, 0) is 17.7 Å². The van der Waals surface area contributed by atoms with E-state index in [2.05, 4.69) is 0 Å². The maximum Gasteiger partial charge on any atom is 0.243 e. The van der Waals surface area contributed by atoms with Gasteiger partial charge < -0.3 is 4.90 Å². The lowest BCUT2D eigenvalue weighted by Crippen LogP contribution is -2.52. The number of amides is 1. The molecule has 0 aliphatic carbocycles. The molecule has 0 unspecified atom stereocenters. The normalized spacial score (nSPS) is 16.0. The summed E-state index contributed by atoms with van der Waals surface area (Å²) < 4.78 is 52.2. The van der Waals surface area contributed by atoms with Crippen LogP contribution in [0.2, 0.25) is 0 Å². The molecular weight excluding hydrogens is 426 g/mol. The molecule has 2 aromatic rings. The number of carbonyl (C=O) groups excluding carboxylic acids is 1. The Labute approximate surface area is 177 Å². The molecule has 1 amide bonds. The van der Waals surface area contributed by atoms with E-state index in [-0.39, 0.29) is 50.1 Å². The number of hydrogen-bond acceptors (Lipinski definition) is 5.